The summed E-state index contributed by atoms with van der Waals surface area (Å²) in [6, 6.07) is 11.6. The highest BCUT2D eigenvalue weighted by atomic mass is 35.5. The number of ether oxygens (including phenoxy) is 1. The van der Waals surface area contributed by atoms with E-state index in [1.165, 1.54) is 16.4 Å². The largest absolute Gasteiger partial charge is 0.494 e. The highest BCUT2D eigenvalue weighted by Gasteiger charge is 2.31. The van der Waals surface area contributed by atoms with Crippen LogP contribution in [0.2, 0.25) is 5.02 Å². The number of benzene rings is 2. The molecule has 2 aromatic carbocycles. The van der Waals surface area contributed by atoms with Gasteiger partial charge in [0.05, 0.1) is 17.7 Å². The van der Waals surface area contributed by atoms with Crippen LogP contribution < -0.4 is 10.1 Å². The Kier molecular flexibility index (Phi) is 7.62. The van der Waals surface area contributed by atoms with Gasteiger partial charge in [0, 0.05) is 18.7 Å². The molecule has 2 unspecified atom stereocenters. The third kappa shape index (κ3) is 5.59. The number of nitrogens with zero attached hydrogens (tertiary/aromatic N) is 1. The van der Waals surface area contributed by atoms with Gasteiger partial charge in [-0.3, -0.25) is 4.79 Å². The summed E-state index contributed by atoms with van der Waals surface area (Å²) in [5.41, 5.74) is 1.17. The molecular weight excluding hydrogens is 436 g/mol. The molecule has 1 fully saturated rings. The first-order valence-corrected chi connectivity index (χ1v) is 12.4. The minimum atomic E-state index is -3.77. The fourth-order valence-corrected chi connectivity index (χ4v) is 5.83. The molecule has 2 atom stereocenters. The normalized spacial score (nSPS) is 18.4. The molecule has 0 saturated carbocycles. The second-order valence-electron chi connectivity index (χ2n) is 7.95. The molecule has 0 radical (unpaired) electrons. The zero-order chi connectivity index (χ0) is 22.6. The molecule has 0 aromatic heterocycles. The minimum absolute atomic E-state index is 0.0235. The first kappa shape index (κ1) is 23.6. The van der Waals surface area contributed by atoms with E-state index in [9.17, 15) is 13.2 Å². The van der Waals surface area contributed by atoms with Crippen molar-refractivity contribution in [3.05, 3.63) is 58.6 Å². The van der Waals surface area contributed by atoms with E-state index in [4.69, 9.17) is 16.3 Å². The van der Waals surface area contributed by atoms with Crippen molar-refractivity contribution in [2.75, 3.05) is 19.7 Å². The molecule has 1 heterocycles. The average molecular weight is 465 g/mol. The zero-order valence-corrected chi connectivity index (χ0v) is 19.7. The van der Waals surface area contributed by atoms with Gasteiger partial charge in [-0.25, -0.2) is 8.42 Å². The van der Waals surface area contributed by atoms with Crippen LogP contribution in [0.3, 0.4) is 0 Å². The molecule has 2 aromatic rings. The van der Waals surface area contributed by atoms with Crippen molar-refractivity contribution in [1.82, 2.24) is 9.62 Å². The standard InChI is InChI=1S/C23H29ClN2O4S/c1-4-30-20-10-7-18(8-11-20)17(3)25-23(27)19-9-12-21(24)22(14-19)31(28,29)26-13-5-6-16(2)15-26/h7-12,14,16-17H,4-6,13,15H2,1-3H3,(H,25,27). The smallest absolute Gasteiger partial charge is 0.251 e. The molecule has 1 amide bonds. The highest BCUT2D eigenvalue weighted by Crippen LogP contribution is 2.29. The number of amides is 1. The summed E-state index contributed by atoms with van der Waals surface area (Å²) < 4.78 is 33.2. The first-order chi connectivity index (χ1) is 14.7. The van der Waals surface area contributed by atoms with Crippen LogP contribution in [-0.4, -0.2) is 38.3 Å². The average Bonchev–Trinajstić information content (AvgIpc) is 2.74. The Morgan fingerprint density at radius 2 is 1.97 bits per heavy atom. The van der Waals surface area contributed by atoms with Gasteiger partial charge in [-0.05, 0) is 68.5 Å². The summed E-state index contributed by atoms with van der Waals surface area (Å²) >= 11 is 6.23. The maximum absolute atomic E-state index is 13.2. The lowest BCUT2D eigenvalue weighted by atomic mass is 10.0. The number of rotatable bonds is 7. The van der Waals surface area contributed by atoms with Crippen molar-refractivity contribution in [2.24, 2.45) is 5.92 Å². The number of piperidine rings is 1. The van der Waals surface area contributed by atoms with Gasteiger partial charge in [0.1, 0.15) is 10.6 Å². The summed E-state index contributed by atoms with van der Waals surface area (Å²) in [6.45, 7) is 7.34. The van der Waals surface area contributed by atoms with Crippen LogP contribution >= 0.6 is 11.6 Å². The van der Waals surface area contributed by atoms with E-state index in [1.54, 1.807) is 6.07 Å². The van der Waals surface area contributed by atoms with Crippen molar-refractivity contribution in [2.45, 2.75) is 44.6 Å². The molecular formula is C23H29ClN2O4S. The molecule has 1 aliphatic heterocycles. The van der Waals surface area contributed by atoms with Gasteiger partial charge in [0.25, 0.3) is 5.91 Å². The quantitative estimate of drug-likeness (QED) is 0.647. The number of carbonyl (C=O) groups excluding carboxylic acids is 1. The Bertz CT molecular complexity index is 1020. The zero-order valence-electron chi connectivity index (χ0n) is 18.1. The maximum Gasteiger partial charge on any atom is 0.251 e. The van der Waals surface area contributed by atoms with Gasteiger partial charge in [-0.15, -0.1) is 0 Å². The molecule has 8 heteroatoms. The molecule has 1 N–H and O–H groups in total. The number of sulfonamides is 1. The van der Waals surface area contributed by atoms with Crippen LogP contribution in [0.4, 0.5) is 0 Å². The van der Waals surface area contributed by atoms with Gasteiger partial charge in [0.2, 0.25) is 10.0 Å². The summed E-state index contributed by atoms with van der Waals surface area (Å²) in [4.78, 5) is 12.8. The first-order valence-electron chi connectivity index (χ1n) is 10.6. The van der Waals surface area contributed by atoms with Crippen LogP contribution in [0.1, 0.15) is 55.6 Å². The summed E-state index contributed by atoms with van der Waals surface area (Å²) in [6.07, 6.45) is 1.82. The Morgan fingerprint density at radius 3 is 2.61 bits per heavy atom. The van der Waals surface area contributed by atoms with Gasteiger partial charge in [-0.1, -0.05) is 30.7 Å². The summed E-state index contributed by atoms with van der Waals surface area (Å²) in [5.74, 6) is 0.703. The van der Waals surface area contributed by atoms with E-state index in [2.05, 4.69) is 5.32 Å². The lowest BCUT2D eigenvalue weighted by Gasteiger charge is -2.30. The number of halogens is 1. The maximum atomic E-state index is 13.2. The fourth-order valence-electron chi connectivity index (χ4n) is 3.73. The van der Waals surface area contributed by atoms with Crippen molar-refractivity contribution in [1.29, 1.82) is 0 Å². The van der Waals surface area contributed by atoms with E-state index < -0.39 is 10.0 Å². The van der Waals surface area contributed by atoms with Crippen LogP contribution in [0.5, 0.6) is 5.75 Å². The van der Waals surface area contributed by atoms with Crippen molar-refractivity contribution in [3.63, 3.8) is 0 Å². The Balaban J connectivity index is 1.77. The van der Waals surface area contributed by atoms with E-state index in [-0.39, 0.29) is 27.4 Å². The molecule has 0 bridgehead atoms. The van der Waals surface area contributed by atoms with E-state index in [0.29, 0.717) is 25.6 Å². The lowest BCUT2D eigenvalue weighted by Crippen LogP contribution is -2.39. The van der Waals surface area contributed by atoms with E-state index in [1.807, 2.05) is 45.0 Å². The number of nitrogens with one attached hydrogen (secondary N) is 1. The van der Waals surface area contributed by atoms with E-state index in [0.717, 1.165) is 24.2 Å². The topological polar surface area (TPSA) is 75.7 Å². The van der Waals surface area contributed by atoms with Crippen LogP contribution in [0.25, 0.3) is 0 Å². The molecule has 0 spiro atoms. The van der Waals surface area contributed by atoms with Gasteiger partial charge in [0.15, 0.2) is 0 Å². The SMILES string of the molecule is CCOc1ccc(C(C)NC(=O)c2ccc(Cl)c(S(=O)(=O)N3CCCC(C)C3)c2)cc1. The van der Waals surface area contributed by atoms with Gasteiger partial charge in [-0.2, -0.15) is 4.31 Å². The summed E-state index contributed by atoms with van der Waals surface area (Å²) in [7, 11) is -3.77. The second kappa shape index (κ2) is 10.0. The molecule has 1 saturated heterocycles. The van der Waals surface area contributed by atoms with Crippen molar-refractivity contribution < 1.29 is 17.9 Å². The Hall–Kier alpha value is -2.09. The minimum Gasteiger partial charge on any atom is -0.494 e. The fraction of sp³-hybridized carbons (Fsp3) is 0.435. The predicted octanol–water partition coefficient (Wildman–Crippen LogP) is 4.65. The molecule has 3 rings (SSSR count). The van der Waals surface area contributed by atoms with Crippen molar-refractivity contribution in [3.8, 4) is 5.75 Å². The molecule has 6 nitrogen and oxygen atoms in total. The third-order valence-corrected chi connectivity index (χ3v) is 7.82. The highest BCUT2D eigenvalue weighted by molar-refractivity contribution is 7.89. The lowest BCUT2D eigenvalue weighted by molar-refractivity contribution is 0.0939. The number of carbonyl (C=O) groups is 1. The predicted molar refractivity (Wildman–Crippen MR) is 122 cm³/mol. The number of hydrogen-bond donors (Lipinski definition) is 1. The molecule has 31 heavy (non-hydrogen) atoms. The monoisotopic (exact) mass is 464 g/mol. The van der Waals surface area contributed by atoms with Crippen LogP contribution in [0.15, 0.2) is 47.4 Å². The van der Waals surface area contributed by atoms with Crippen LogP contribution in [-0.2, 0) is 10.0 Å². The second-order valence-corrected chi connectivity index (χ2v) is 10.3. The van der Waals surface area contributed by atoms with E-state index >= 15 is 0 Å². The van der Waals surface area contributed by atoms with Gasteiger partial charge >= 0.3 is 0 Å². The van der Waals surface area contributed by atoms with Gasteiger partial charge < -0.3 is 10.1 Å². The molecule has 1 aliphatic rings. The number of hydrogen-bond acceptors (Lipinski definition) is 4. The molecule has 0 aliphatic carbocycles. The Labute approximate surface area is 189 Å². The molecule has 168 valence electrons. The van der Waals surface area contributed by atoms with Crippen LogP contribution in [0, 0.1) is 5.92 Å². The van der Waals surface area contributed by atoms with Crippen molar-refractivity contribution >= 4 is 27.5 Å². The Morgan fingerprint density at radius 1 is 1.26 bits per heavy atom. The summed E-state index contributed by atoms with van der Waals surface area (Å²) in [5, 5.41) is 3.04. The third-order valence-electron chi connectivity index (χ3n) is 5.47.